The third-order valence-electron chi connectivity index (χ3n) is 2.79. The number of carboxylic acids is 1. The summed E-state index contributed by atoms with van der Waals surface area (Å²) in [6.45, 7) is 1.93. The van der Waals surface area contributed by atoms with E-state index in [1.54, 1.807) is 18.2 Å². The lowest BCUT2D eigenvalue weighted by atomic mass is 10.1. The quantitative estimate of drug-likeness (QED) is 0.885. The maximum Gasteiger partial charge on any atom is 0.354 e. The van der Waals surface area contributed by atoms with Gasteiger partial charge in [0.05, 0.1) is 0 Å². The van der Waals surface area contributed by atoms with Gasteiger partial charge in [0.2, 0.25) is 0 Å². The SMILES string of the molecule is CC(Nc1ccnc(C(=O)O)c1)c1ccc(Cl)cc1Cl. The van der Waals surface area contributed by atoms with E-state index in [1.165, 1.54) is 12.3 Å². The van der Waals surface area contributed by atoms with E-state index in [9.17, 15) is 4.79 Å². The number of aromatic nitrogens is 1. The number of benzene rings is 1. The van der Waals surface area contributed by atoms with Gasteiger partial charge in [0.15, 0.2) is 0 Å². The Morgan fingerprint density at radius 2 is 2.05 bits per heavy atom. The second-order valence-electron chi connectivity index (χ2n) is 4.27. The molecular formula is C14H12Cl2N2O2. The van der Waals surface area contributed by atoms with Crippen LogP contribution in [0.25, 0.3) is 0 Å². The molecule has 0 saturated heterocycles. The van der Waals surface area contributed by atoms with E-state index in [2.05, 4.69) is 10.3 Å². The van der Waals surface area contributed by atoms with Crippen LogP contribution in [0.3, 0.4) is 0 Å². The van der Waals surface area contributed by atoms with Crippen LogP contribution in [0.4, 0.5) is 5.69 Å². The van der Waals surface area contributed by atoms with Gasteiger partial charge in [0, 0.05) is 28.0 Å². The number of hydrogen-bond donors (Lipinski definition) is 2. The van der Waals surface area contributed by atoms with Gasteiger partial charge in [0.25, 0.3) is 0 Å². The number of nitrogens with one attached hydrogen (secondary N) is 1. The Balaban J connectivity index is 2.21. The fourth-order valence-corrected chi connectivity index (χ4v) is 2.39. The zero-order chi connectivity index (χ0) is 14.7. The lowest BCUT2D eigenvalue weighted by Crippen LogP contribution is -2.08. The highest BCUT2D eigenvalue weighted by molar-refractivity contribution is 6.35. The molecule has 0 amide bonds. The highest BCUT2D eigenvalue weighted by Crippen LogP contribution is 2.28. The van der Waals surface area contributed by atoms with E-state index in [0.717, 1.165) is 5.56 Å². The average Bonchev–Trinajstić information content (AvgIpc) is 2.38. The Morgan fingerprint density at radius 1 is 1.30 bits per heavy atom. The van der Waals surface area contributed by atoms with Crippen LogP contribution in [0.2, 0.25) is 10.0 Å². The highest BCUT2D eigenvalue weighted by Gasteiger charge is 2.11. The van der Waals surface area contributed by atoms with E-state index in [1.807, 2.05) is 13.0 Å². The molecule has 0 fully saturated rings. The normalized spacial score (nSPS) is 11.9. The molecule has 20 heavy (non-hydrogen) atoms. The van der Waals surface area contributed by atoms with Crippen molar-refractivity contribution in [3.05, 3.63) is 57.8 Å². The van der Waals surface area contributed by atoms with Crippen molar-refractivity contribution in [1.82, 2.24) is 4.98 Å². The minimum Gasteiger partial charge on any atom is -0.477 e. The second kappa shape index (κ2) is 6.11. The number of anilines is 1. The summed E-state index contributed by atoms with van der Waals surface area (Å²) in [5.74, 6) is -1.06. The molecule has 0 bridgehead atoms. The monoisotopic (exact) mass is 310 g/mol. The van der Waals surface area contributed by atoms with Crippen LogP contribution in [-0.2, 0) is 0 Å². The molecule has 1 heterocycles. The number of rotatable bonds is 4. The maximum atomic E-state index is 10.9. The van der Waals surface area contributed by atoms with Crippen molar-refractivity contribution in [2.45, 2.75) is 13.0 Å². The molecular weight excluding hydrogens is 299 g/mol. The smallest absolute Gasteiger partial charge is 0.354 e. The second-order valence-corrected chi connectivity index (χ2v) is 5.11. The predicted octanol–water partition coefficient (Wildman–Crippen LogP) is 4.26. The molecule has 0 aliphatic rings. The average molecular weight is 311 g/mol. The van der Waals surface area contributed by atoms with Crippen LogP contribution in [-0.4, -0.2) is 16.1 Å². The zero-order valence-corrected chi connectivity index (χ0v) is 12.1. The molecule has 0 saturated carbocycles. The molecule has 2 rings (SSSR count). The first-order valence-corrected chi connectivity index (χ1v) is 6.64. The summed E-state index contributed by atoms with van der Waals surface area (Å²) in [6, 6.07) is 8.35. The molecule has 2 N–H and O–H groups in total. The first kappa shape index (κ1) is 14.6. The fraction of sp³-hybridized carbons (Fsp3) is 0.143. The van der Waals surface area contributed by atoms with Crippen LogP contribution in [0.5, 0.6) is 0 Å². The van der Waals surface area contributed by atoms with Gasteiger partial charge in [-0.1, -0.05) is 29.3 Å². The van der Waals surface area contributed by atoms with Gasteiger partial charge < -0.3 is 10.4 Å². The largest absolute Gasteiger partial charge is 0.477 e. The molecule has 4 nitrogen and oxygen atoms in total. The van der Waals surface area contributed by atoms with Crippen LogP contribution < -0.4 is 5.32 Å². The van der Waals surface area contributed by atoms with Crippen molar-refractivity contribution in [3.8, 4) is 0 Å². The van der Waals surface area contributed by atoms with Crippen molar-refractivity contribution in [2.75, 3.05) is 5.32 Å². The lowest BCUT2D eigenvalue weighted by Gasteiger charge is -2.17. The summed E-state index contributed by atoms with van der Waals surface area (Å²) >= 11 is 12.0. The van der Waals surface area contributed by atoms with Gasteiger partial charge >= 0.3 is 5.97 Å². The topological polar surface area (TPSA) is 62.2 Å². The van der Waals surface area contributed by atoms with Gasteiger partial charge in [-0.3, -0.25) is 0 Å². The van der Waals surface area contributed by atoms with E-state index < -0.39 is 5.97 Å². The Labute approximate surface area is 126 Å². The number of hydrogen-bond acceptors (Lipinski definition) is 3. The molecule has 1 aromatic heterocycles. The van der Waals surface area contributed by atoms with Crippen LogP contribution in [0.15, 0.2) is 36.5 Å². The number of nitrogens with zero attached hydrogens (tertiary/aromatic N) is 1. The Kier molecular flexibility index (Phi) is 4.47. The first-order valence-electron chi connectivity index (χ1n) is 5.88. The van der Waals surface area contributed by atoms with Crippen LogP contribution in [0.1, 0.15) is 29.0 Å². The highest BCUT2D eigenvalue weighted by atomic mass is 35.5. The number of pyridine rings is 1. The molecule has 2 aromatic rings. The van der Waals surface area contributed by atoms with Crippen molar-refractivity contribution >= 4 is 34.9 Å². The molecule has 0 aliphatic heterocycles. The molecule has 1 atom stereocenters. The van der Waals surface area contributed by atoms with Crippen molar-refractivity contribution in [1.29, 1.82) is 0 Å². The maximum absolute atomic E-state index is 10.9. The third-order valence-corrected chi connectivity index (χ3v) is 3.35. The summed E-state index contributed by atoms with van der Waals surface area (Å²) in [7, 11) is 0. The van der Waals surface area contributed by atoms with Crippen LogP contribution in [0, 0.1) is 0 Å². The van der Waals surface area contributed by atoms with E-state index in [4.69, 9.17) is 28.3 Å². The Bertz CT molecular complexity index is 647. The number of aromatic carboxylic acids is 1. The van der Waals surface area contributed by atoms with E-state index >= 15 is 0 Å². The Morgan fingerprint density at radius 3 is 2.70 bits per heavy atom. The predicted molar refractivity (Wildman–Crippen MR) is 79.7 cm³/mol. The zero-order valence-electron chi connectivity index (χ0n) is 10.6. The fourth-order valence-electron chi connectivity index (χ4n) is 1.82. The lowest BCUT2D eigenvalue weighted by molar-refractivity contribution is 0.0690. The molecule has 1 unspecified atom stereocenters. The molecule has 0 spiro atoms. The summed E-state index contributed by atoms with van der Waals surface area (Å²) in [5, 5.41) is 13.2. The van der Waals surface area contributed by atoms with Gasteiger partial charge in [-0.25, -0.2) is 9.78 Å². The number of carbonyl (C=O) groups is 1. The summed E-state index contributed by atoms with van der Waals surface area (Å²) < 4.78 is 0. The van der Waals surface area contributed by atoms with Crippen LogP contribution >= 0.6 is 23.2 Å². The molecule has 0 radical (unpaired) electrons. The van der Waals surface area contributed by atoms with Gasteiger partial charge in [-0.15, -0.1) is 0 Å². The van der Waals surface area contributed by atoms with Crippen molar-refractivity contribution in [2.24, 2.45) is 0 Å². The number of carboxylic acid groups (broad SMARTS) is 1. The molecule has 104 valence electrons. The van der Waals surface area contributed by atoms with Crippen molar-refractivity contribution in [3.63, 3.8) is 0 Å². The standard InChI is InChI=1S/C14H12Cl2N2O2/c1-8(11-3-2-9(15)6-12(11)16)18-10-4-5-17-13(7-10)14(19)20/h2-8H,1H3,(H,17,18)(H,19,20). The van der Waals surface area contributed by atoms with Gasteiger partial charge in [-0.2, -0.15) is 0 Å². The third kappa shape index (κ3) is 3.40. The Hall–Kier alpha value is -1.78. The van der Waals surface area contributed by atoms with E-state index in [0.29, 0.717) is 15.7 Å². The summed E-state index contributed by atoms with van der Waals surface area (Å²) in [5.41, 5.74) is 1.53. The minimum absolute atomic E-state index is 0.00981. The minimum atomic E-state index is -1.06. The molecule has 1 aromatic carbocycles. The van der Waals surface area contributed by atoms with E-state index in [-0.39, 0.29) is 11.7 Å². The summed E-state index contributed by atoms with van der Waals surface area (Å²) in [6.07, 6.45) is 1.45. The first-order chi connectivity index (χ1) is 9.47. The summed E-state index contributed by atoms with van der Waals surface area (Å²) in [4.78, 5) is 14.6. The molecule has 6 heteroatoms. The number of halogens is 2. The van der Waals surface area contributed by atoms with Crippen molar-refractivity contribution < 1.29 is 9.90 Å². The van der Waals surface area contributed by atoms with Gasteiger partial charge in [-0.05, 0) is 36.8 Å². The van der Waals surface area contributed by atoms with Gasteiger partial charge in [0.1, 0.15) is 5.69 Å². The molecule has 0 aliphatic carbocycles.